The molecular formula is C10H18ClNO4. The van der Waals surface area contributed by atoms with Crippen LogP contribution in [-0.2, 0) is 0 Å². The summed E-state index contributed by atoms with van der Waals surface area (Å²) < 4.78 is 36.5. The minimum absolute atomic E-state index is 1.01. The van der Waals surface area contributed by atoms with Gasteiger partial charge in [0.1, 0.15) is 13.6 Å². The van der Waals surface area contributed by atoms with E-state index in [-0.39, 0.29) is 0 Å². The van der Waals surface area contributed by atoms with Gasteiger partial charge in [0, 0.05) is 18.8 Å². The highest BCUT2D eigenvalue weighted by Gasteiger charge is 2.29. The molecule has 5 nitrogen and oxygen atoms in total. The average molecular weight is 252 g/mol. The topological polar surface area (TPSA) is 95.2 Å². The number of fused-ring (bicyclic) bond motifs is 2. The molecule has 0 spiro atoms. The summed E-state index contributed by atoms with van der Waals surface area (Å²) in [5, 5.41) is 0. The van der Waals surface area contributed by atoms with E-state index in [2.05, 4.69) is 11.6 Å². The van der Waals surface area contributed by atoms with Crippen LogP contribution in [0.25, 0.3) is 0 Å². The normalized spacial score (nSPS) is 25.7. The Morgan fingerprint density at radius 1 is 1.12 bits per heavy atom. The summed E-state index contributed by atoms with van der Waals surface area (Å²) in [5.74, 6) is 1.01. The maximum Gasteiger partial charge on any atom is 0.152 e. The molecule has 1 saturated carbocycles. The molecule has 6 heteroatoms. The highest BCUT2D eigenvalue weighted by atomic mass is 35.7. The molecule has 0 N–H and O–H groups in total. The van der Waals surface area contributed by atoms with Crippen LogP contribution in [0, 0.1) is 16.2 Å². The average Bonchev–Trinajstić information content (AvgIpc) is 2.41. The zero-order valence-corrected chi connectivity index (χ0v) is 10.2. The quantitative estimate of drug-likeness (QED) is 0.438. The lowest BCUT2D eigenvalue weighted by atomic mass is 9.93. The molecule has 0 amide bonds. The molecule has 1 aliphatic heterocycles. The Kier molecular flexibility index (Phi) is 5.14. The fourth-order valence-electron chi connectivity index (χ4n) is 2.50. The first-order chi connectivity index (χ1) is 7.36. The van der Waals surface area contributed by atoms with Crippen LogP contribution in [0.15, 0.2) is 0 Å². The molecule has 0 aromatic heterocycles. The van der Waals surface area contributed by atoms with Gasteiger partial charge in [-0.05, 0) is 12.8 Å². The fourth-order valence-corrected chi connectivity index (χ4v) is 2.50. The number of rotatable bonds is 0. The largest absolute Gasteiger partial charge is 0.239 e. The predicted octanol–water partition coefficient (Wildman–Crippen LogP) is -2.70. The van der Waals surface area contributed by atoms with Crippen molar-refractivity contribution in [2.75, 3.05) is 13.6 Å². The van der Waals surface area contributed by atoms with Gasteiger partial charge in [0.05, 0.1) is 0 Å². The van der Waals surface area contributed by atoms with Gasteiger partial charge < -0.3 is 0 Å². The van der Waals surface area contributed by atoms with Crippen LogP contribution >= 0.6 is 0 Å². The van der Waals surface area contributed by atoms with Crippen molar-refractivity contribution in [2.45, 2.75) is 38.5 Å². The van der Waals surface area contributed by atoms with E-state index in [0.717, 1.165) is 5.92 Å². The van der Waals surface area contributed by atoms with Crippen LogP contribution < -0.4 is 18.6 Å². The van der Waals surface area contributed by atoms with Gasteiger partial charge in [0.25, 0.3) is 0 Å². The van der Waals surface area contributed by atoms with Gasteiger partial charge in [-0.2, -0.15) is 0 Å². The van der Waals surface area contributed by atoms with E-state index in [1.54, 1.807) is 5.71 Å². The maximum absolute atomic E-state index is 8.49. The minimum atomic E-state index is -4.94. The van der Waals surface area contributed by atoms with Gasteiger partial charge in [-0.25, -0.2) is 23.2 Å². The van der Waals surface area contributed by atoms with Gasteiger partial charge >= 0.3 is 0 Å². The lowest BCUT2D eigenvalue weighted by molar-refractivity contribution is -2.00. The summed E-state index contributed by atoms with van der Waals surface area (Å²) in [4.78, 5) is 0. The molecule has 0 aromatic rings. The van der Waals surface area contributed by atoms with Gasteiger partial charge in [0.15, 0.2) is 5.71 Å². The minimum Gasteiger partial charge on any atom is -0.239 e. The lowest BCUT2D eigenvalue weighted by Crippen LogP contribution is -2.68. The third-order valence-electron chi connectivity index (χ3n) is 3.17. The molecule has 94 valence electrons. The molecule has 0 radical (unpaired) electrons. The molecule has 2 aliphatic rings. The summed E-state index contributed by atoms with van der Waals surface area (Å²) in [6.45, 7) is 1.34. The Bertz CT molecular complexity index is 256. The maximum atomic E-state index is 8.49. The van der Waals surface area contributed by atoms with E-state index in [9.17, 15) is 0 Å². The summed E-state index contributed by atoms with van der Waals surface area (Å²) in [6, 6.07) is 0. The van der Waals surface area contributed by atoms with Crippen LogP contribution in [0.5, 0.6) is 0 Å². The number of hydrogen-bond acceptors (Lipinski definition) is 4. The molecule has 0 saturated heterocycles. The third-order valence-corrected chi connectivity index (χ3v) is 3.17. The molecule has 2 rings (SSSR count). The third kappa shape index (κ3) is 5.77. The molecule has 2 bridgehead atoms. The lowest BCUT2D eigenvalue weighted by Gasteiger charge is -2.17. The van der Waals surface area contributed by atoms with E-state index in [1.165, 1.54) is 45.1 Å². The first-order valence-electron chi connectivity index (χ1n) is 5.54. The number of hydrogen-bond donors (Lipinski definition) is 0. The van der Waals surface area contributed by atoms with Crippen molar-refractivity contribution in [3.8, 4) is 0 Å². The molecule has 1 unspecified atom stereocenters. The Morgan fingerprint density at radius 2 is 1.75 bits per heavy atom. The van der Waals surface area contributed by atoms with Crippen LogP contribution in [0.4, 0.5) is 0 Å². The van der Waals surface area contributed by atoms with Crippen LogP contribution in [0.1, 0.15) is 38.5 Å². The standard InChI is InChI=1S/C10H18N.ClHO4/c1-11-8-9-5-3-2-4-6-10(11)7-9;2-1(3,4)5/h9H,2-8H2,1H3;(H,2,3,4,5)/q+1;/p-1. The summed E-state index contributed by atoms with van der Waals surface area (Å²) in [7, 11) is -2.68. The predicted molar refractivity (Wildman–Crippen MR) is 47.3 cm³/mol. The SMILES string of the molecule is C[N+]1=C2CCCCCC(C2)C1.[O-][Cl+3]([O-])([O-])[O-]. The second kappa shape index (κ2) is 5.93. The monoisotopic (exact) mass is 251 g/mol. The van der Waals surface area contributed by atoms with Gasteiger partial charge in [-0.15, -0.1) is 10.2 Å². The van der Waals surface area contributed by atoms with Crippen molar-refractivity contribution in [3.05, 3.63) is 0 Å². The smallest absolute Gasteiger partial charge is 0.152 e. The highest BCUT2D eigenvalue weighted by molar-refractivity contribution is 5.80. The fraction of sp³-hybridized carbons (Fsp3) is 0.900. The van der Waals surface area contributed by atoms with E-state index < -0.39 is 10.2 Å². The Morgan fingerprint density at radius 3 is 2.38 bits per heavy atom. The second-order valence-corrected chi connectivity index (χ2v) is 5.25. The van der Waals surface area contributed by atoms with Crippen molar-refractivity contribution in [3.63, 3.8) is 0 Å². The molecule has 1 atom stereocenters. The van der Waals surface area contributed by atoms with Gasteiger partial charge in [-0.1, -0.05) is 12.8 Å². The van der Waals surface area contributed by atoms with Crippen LogP contribution in [0.2, 0.25) is 0 Å². The van der Waals surface area contributed by atoms with Crippen LogP contribution in [0.3, 0.4) is 0 Å². The van der Waals surface area contributed by atoms with E-state index in [1.807, 2.05) is 0 Å². The Labute approximate surface area is 97.8 Å². The van der Waals surface area contributed by atoms with Crippen molar-refractivity contribution < 1.29 is 33.5 Å². The van der Waals surface area contributed by atoms with Gasteiger partial charge in [-0.3, -0.25) is 0 Å². The number of halogens is 1. The van der Waals surface area contributed by atoms with E-state index in [4.69, 9.17) is 18.6 Å². The van der Waals surface area contributed by atoms with E-state index >= 15 is 0 Å². The van der Waals surface area contributed by atoms with Crippen LogP contribution in [-0.4, -0.2) is 23.9 Å². The van der Waals surface area contributed by atoms with Crippen molar-refractivity contribution >= 4 is 5.71 Å². The van der Waals surface area contributed by atoms with Crippen molar-refractivity contribution in [1.29, 1.82) is 0 Å². The van der Waals surface area contributed by atoms with Crippen molar-refractivity contribution in [2.24, 2.45) is 5.92 Å². The van der Waals surface area contributed by atoms with E-state index in [0.29, 0.717) is 0 Å². The molecule has 16 heavy (non-hydrogen) atoms. The Balaban J connectivity index is 0.000000221. The molecule has 1 fully saturated rings. The zero-order valence-electron chi connectivity index (χ0n) is 9.49. The Hall–Kier alpha value is -0.200. The summed E-state index contributed by atoms with van der Waals surface area (Å²) >= 11 is 0. The van der Waals surface area contributed by atoms with Crippen molar-refractivity contribution in [1.82, 2.24) is 0 Å². The summed E-state index contributed by atoms with van der Waals surface area (Å²) in [6.07, 6.45) is 8.66. The summed E-state index contributed by atoms with van der Waals surface area (Å²) in [5.41, 5.74) is 1.73. The molecular weight excluding hydrogens is 234 g/mol. The van der Waals surface area contributed by atoms with Gasteiger partial charge in [0.2, 0.25) is 0 Å². The molecule has 0 aromatic carbocycles. The molecule has 1 heterocycles. The zero-order chi connectivity index (χ0) is 12.2. The first kappa shape index (κ1) is 13.9. The number of nitrogens with zero attached hydrogens (tertiary/aromatic N) is 1. The highest BCUT2D eigenvalue weighted by Crippen LogP contribution is 2.25. The second-order valence-electron chi connectivity index (χ2n) is 4.49. The first-order valence-corrected chi connectivity index (χ1v) is 6.77. The molecule has 1 aliphatic carbocycles.